The van der Waals surface area contributed by atoms with Crippen LogP contribution < -0.4 is 5.32 Å². The zero-order chi connectivity index (χ0) is 25.0. The highest BCUT2D eigenvalue weighted by molar-refractivity contribution is 6.29. The first-order valence-corrected chi connectivity index (χ1v) is 11.7. The van der Waals surface area contributed by atoms with Gasteiger partial charge in [-0.05, 0) is 45.6 Å². The zero-order valence-electron chi connectivity index (χ0n) is 19.9. The van der Waals surface area contributed by atoms with Crippen LogP contribution in [0.5, 0.6) is 0 Å². The van der Waals surface area contributed by atoms with Crippen LogP contribution in [0.4, 0.5) is 18.0 Å². The van der Waals surface area contributed by atoms with Gasteiger partial charge < -0.3 is 15.1 Å². The predicted octanol–water partition coefficient (Wildman–Crippen LogP) is 6.29. The molecular weight excluding hydrogens is 455 g/mol. The van der Waals surface area contributed by atoms with Gasteiger partial charge in [-0.2, -0.15) is 13.2 Å². The molecule has 0 saturated carbocycles. The lowest BCUT2D eigenvalue weighted by molar-refractivity contribution is -0.131. The van der Waals surface area contributed by atoms with E-state index in [2.05, 4.69) is 23.5 Å². The SMILES string of the molecule is C/C(Cl)=C(\C=C(/C)C(F)(F)F)NC(=O)N1CCN(C(=O)C/C2=C/C/C=C\CCC2)CC1.CC. The lowest BCUT2D eigenvalue weighted by Gasteiger charge is -2.35. The summed E-state index contributed by atoms with van der Waals surface area (Å²) >= 11 is 5.87. The number of nitrogens with one attached hydrogen (secondary N) is 1. The van der Waals surface area contributed by atoms with E-state index in [1.807, 2.05) is 13.8 Å². The Morgan fingerprint density at radius 1 is 1.09 bits per heavy atom. The number of hydrogen-bond donors (Lipinski definition) is 1. The normalized spacial score (nSPS) is 20.8. The second kappa shape index (κ2) is 14.1. The summed E-state index contributed by atoms with van der Waals surface area (Å²) in [5, 5.41) is 2.50. The van der Waals surface area contributed by atoms with Crippen molar-refractivity contribution in [3.8, 4) is 0 Å². The summed E-state index contributed by atoms with van der Waals surface area (Å²) in [4.78, 5) is 28.3. The van der Waals surface area contributed by atoms with Crippen molar-refractivity contribution in [2.24, 2.45) is 0 Å². The first-order chi connectivity index (χ1) is 15.6. The summed E-state index contributed by atoms with van der Waals surface area (Å²) in [6.07, 6.45) is 6.88. The summed E-state index contributed by atoms with van der Waals surface area (Å²) in [5.41, 5.74) is 0.191. The highest BCUT2D eigenvalue weighted by Gasteiger charge is 2.31. The largest absolute Gasteiger partial charge is 0.412 e. The van der Waals surface area contributed by atoms with Gasteiger partial charge in [-0.3, -0.25) is 4.79 Å². The van der Waals surface area contributed by atoms with Gasteiger partial charge in [0.2, 0.25) is 5.91 Å². The molecule has 33 heavy (non-hydrogen) atoms. The fraction of sp³-hybridized carbons (Fsp3) is 0.583. The van der Waals surface area contributed by atoms with Gasteiger partial charge in [-0.1, -0.05) is 49.2 Å². The topological polar surface area (TPSA) is 52.7 Å². The zero-order valence-corrected chi connectivity index (χ0v) is 20.7. The van der Waals surface area contributed by atoms with Crippen LogP contribution in [0.1, 0.15) is 59.8 Å². The van der Waals surface area contributed by atoms with Gasteiger partial charge in [0.25, 0.3) is 0 Å². The Labute approximate surface area is 200 Å². The van der Waals surface area contributed by atoms with Crippen molar-refractivity contribution in [3.63, 3.8) is 0 Å². The monoisotopic (exact) mass is 489 g/mol. The quantitative estimate of drug-likeness (QED) is 0.372. The molecule has 0 radical (unpaired) electrons. The number of urea groups is 1. The van der Waals surface area contributed by atoms with E-state index >= 15 is 0 Å². The molecule has 1 saturated heterocycles. The predicted molar refractivity (Wildman–Crippen MR) is 127 cm³/mol. The molecule has 3 amide bonds. The molecule has 2 rings (SSSR count). The van der Waals surface area contributed by atoms with Crippen LogP contribution in [0.15, 0.2) is 46.2 Å². The molecule has 0 spiro atoms. The number of allylic oxidation sites excluding steroid dienone is 6. The molecule has 1 N–H and O–H groups in total. The summed E-state index contributed by atoms with van der Waals surface area (Å²) in [6, 6.07) is -0.539. The highest BCUT2D eigenvalue weighted by Crippen LogP contribution is 2.26. The standard InChI is InChI=1S/C22H29ClF3N3O2.C2H6/c1-16(22(24,25)26)14-19(17(2)23)27-21(31)29-12-10-28(11-13-29)20(30)15-18-8-6-4-3-5-7-9-18;1-2/h3-4,8,14H,5-7,9-13,15H2,1-2H3,(H,27,31);1-2H3/b4-3-,16-14+,18-8+,19-17-;. The van der Waals surface area contributed by atoms with Crippen LogP contribution in [0, 0.1) is 0 Å². The summed E-state index contributed by atoms with van der Waals surface area (Å²) in [5.74, 6) is 0.0387. The maximum Gasteiger partial charge on any atom is 0.412 e. The van der Waals surface area contributed by atoms with Crippen molar-refractivity contribution in [1.29, 1.82) is 0 Å². The molecule has 1 aliphatic carbocycles. The van der Waals surface area contributed by atoms with E-state index < -0.39 is 17.8 Å². The third kappa shape index (κ3) is 10.1. The van der Waals surface area contributed by atoms with E-state index in [1.54, 1.807) is 4.90 Å². The van der Waals surface area contributed by atoms with E-state index in [1.165, 1.54) is 11.8 Å². The number of alkyl halides is 3. The Balaban J connectivity index is 0.00000265. The number of piperazine rings is 1. The van der Waals surface area contributed by atoms with Crippen LogP contribution in [-0.4, -0.2) is 54.1 Å². The third-order valence-electron chi connectivity index (χ3n) is 5.30. The second-order valence-electron chi connectivity index (χ2n) is 7.71. The van der Waals surface area contributed by atoms with Crippen LogP contribution >= 0.6 is 11.6 Å². The first-order valence-electron chi connectivity index (χ1n) is 11.4. The molecule has 2 aliphatic rings. The van der Waals surface area contributed by atoms with Gasteiger partial charge in [0.15, 0.2) is 0 Å². The van der Waals surface area contributed by atoms with Crippen LogP contribution in [0.2, 0.25) is 0 Å². The minimum Gasteiger partial charge on any atom is -0.339 e. The van der Waals surface area contributed by atoms with Gasteiger partial charge in [0.1, 0.15) is 0 Å². The maximum absolute atomic E-state index is 12.8. The Bertz CT molecular complexity index is 789. The van der Waals surface area contributed by atoms with Crippen LogP contribution in [0.25, 0.3) is 0 Å². The Kier molecular flexibility index (Phi) is 12.3. The first kappa shape index (κ1) is 28.8. The Morgan fingerprint density at radius 3 is 2.27 bits per heavy atom. The van der Waals surface area contributed by atoms with E-state index in [4.69, 9.17) is 11.6 Å². The van der Waals surface area contributed by atoms with Crippen molar-refractivity contribution in [2.45, 2.75) is 66.0 Å². The van der Waals surface area contributed by atoms with Crippen molar-refractivity contribution in [2.75, 3.05) is 26.2 Å². The smallest absolute Gasteiger partial charge is 0.339 e. The Morgan fingerprint density at radius 2 is 1.70 bits per heavy atom. The van der Waals surface area contributed by atoms with Crippen molar-refractivity contribution < 1.29 is 22.8 Å². The molecule has 1 fully saturated rings. The van der Waals surface area contributed by atoms with Gasteiger partial charge in [-0.15, -0.1) is 0 Å². The van der Waals surface area contributed by atoms with E-state index in [0.717, 1.165) is 44.3 Å². The van der Waals surface area contributed by atoms with E-state index in [9.17, 15) is 22.8 Å². The van der Waals surface area contributed by atoms with Gasteiger partial charge in [0, 0.05) is 43.2 Å². The summed E-state index contributed by atoms with van der Waals surface area (Å²) < 4.78 is 38.4. The summed E-state index contributed by atoms with van der Waals surface area (Å²) in [7, 11) is 0. The lowest BCUT2D eigenvalue weighted by Crippen LogP contribution is -2.53. The molecule has 0 aromatic rings. The van der Waals surface area contributed by atoms with Crippen molar-refractivity contribution >= 4 is 23.5 Å². The van der Waals surface area contributed by atoms with Crippen molar-refractivity contribution in [3.05, 3.63) is 46.2 Å². The molecule has 1 heterocycles. The highest BCUT2D eigenvalue weighted by atomic mass is 35.5. The number of nitrogens with zero attached hydrogens (tertiary/aromatic N) is 2. The molecule has 5 nitrogen and oxygen atoms in total. The molecule has 186 valence electrons. The molecule has 0 bridgehead atoms. The van der Waals surface area contributed by atoms with E-state index in [0.29, 0.717) is 32.6 Å². The number of hydrogen-bond acceptors (Lipinski definition) is 2. The molecular formula is C24H35ClF3N3O2. The molecule has 9 heteroatoms. The minimum absolute atomic E-state index is 0.0387. The number of carbonyl (C=O) groups excluding carboxylic acids is 2. The molecule has 0 aromatic carbocycles. The minimum atomic E-state index is -4.50. The van der Waals surface area contributed by atoms with Gasteiger partial charge in [0.05, 0.1) is 5.70 Å². The molecule has 1 aliphatic heterocycles. The molecule has 0 atom stereocenters. The van der Waals surface area contributed by atoms with E-state index in [-0.39, 0.29) is 16.6 Å². The Hall–Kier alpha value is -2.22. The average Bonchev–Trinajstić information content (AvgIpc) is 2.75. The van der Waals surface area contributed by atoms with Gasteiger partial charge >= 0.3 is 12.2 Å². The molecule has 0 aromatic heterocycles. The fourth-order valence-electron chi connectivity index (χ4n) is 3.34. The lowest BCUT2D eigenvalue weighted by atomic mass is 10.0. The molecule has 0 unspecified atom stereocenters. The maximum atomic E-state index is 12.8. The average molecular weight is 490 g/mol. The third-order valence-corrected chi connectivity index (χ3v) is 5.50. The summed E-state index contributed by atoms with van der Waals surface area (Å²) in [6.45, 7) is 7.70. The van der Waals surface area contributed by atoms with Crippen LogP contribution in [-0.2, 0) is 4.79 Å². The van der Waals surface area contributed by atoms with Gasteiger partial charge in [-0.25, -0.2) is 4.79 Å². The number of rotatable bonds is 4. The van der Waals surface area contributed by atoms with Crippen molar-refractivity contribution in [1.82, 2.24) is 15.1 Å². The number of carbonyl (C=O) groups is 2. The number of halogens is 4. The fourth-order valence-corrected chi connectivity index (χ4v) is 3.44. The van der Waals surface area contributed by atoms with Crippen LogP contribution in [0.3, 0.4) is 0 Å². The second-order valence-corrected chi connectivity index (χ2v) is 8.28. The number of amides is 3.